The van der Waals surface area contributed by atoms with E-state index in [0.29, 0.717) is 6.54 Å². The van der Waals surface area contributed by atoms with Gasteiger partial charge in [0.15, 0.2) is 11.5 Å². The fourth-order valence-electron chi connectivity index (χ4n) is 1.97. The smallest absolute Gasteiger partial charge is 0.165 e. The zero-order chi connectivity index (χ0) is 13.7. The number of methoxy groups -OCH3 is 2. The number of hydrogen-bond acceptors (Lipinski definition) is 4. The summed E-state index contributed by atoms with van der Waals surface area (Å²) in [6.07, 6.45) is 3.57. The third-order valence-corrected chi connectivity index (χ3v) is 3.01. The minimum absolute atomic E-state index is 0.144. The Bertz CT molecular complexity index is 511. The van der Waals surface area contributed by atoms with E-state index >= 15 is 0 Å². The minimum Gasteiger partial charge on any atom is -0.493 e. The van der Waals surface area contributed by atoms with Crippen molar-refractivity contribution >= 4 is 0 Å². The monoisotopic (exact) mass is 261 g/mol. The first-order chi connectivity index (χ1) is 9.26. The lowest BCUT2D eigenvalue weighted by Crippen LogP contribution is -2.19. The van der Waals surface area contributed by atoms with Crippen molar-refractivity contribution in [2.45, 2.75) is 19.5 Å². The van der Waals surface area contributed by atoms with Crippen LogP contribution in [0.1, 0.15) is 24.4 Å². The highest BCUT2D eigenvalue weighted by Gasteiger charge is 2.11. The first kappa shape index (κ1) is 13.4. The second-order valence-electron chi connectivity index (χ2n) is 4.23. The molecule has 5 nitrogen and oxygen atoms in total. The molecule has 1 aromatic heterocycles. The van der Waals surface area contributed by atoms with Crippen LogP contribution in [-0.2, 0) is 6.54 Å². The van der Waals surface area contributed by atoms with Crippen LogP contribution in [0, 0.1) is 0 Å². The summed E-state index contributed by atoms with van der Waals surface area (Å²) in [6, 6.07) is 6.00. The van der Waals surface area contributed by atoms with Gasteiger partial charge in [0.05, 0.1) is 20.3 Å². The molecule has 0 saturated carbocycles. The lowest BCUT2D eigenvalue weighted by atomic mass is 10.1. The number of aromatic nitrogens is 2. The zero-order valence-electron chi connectivity index (χ0n) is 11.4. The molecule has 0 bridgehead atoms. The minimum atomic E-state index is 0.144. The Balaban J connectivity index is 2.07. The molecule has 1 atom stereocenters. The molecule has 2 rings (SSSR count). The van der Waals surface area contributed by atoms with E-state index < -0.39 is 0 Å². The van der Waals surface area contributed by atoms with Crippen LogP contribution in [-0.4, -0.2) is 24.2 Å². The van der Waals surface area contributed by atoms with Crippen molar-refractivity contribution in [3.63, 3.8) is 0 Å². The molecule has 2 aromatic rings. The van der Waals surface area contributed by atoms with Gasteiger partial charge in [-0.1, -0.05) is 12.1 Å². The van der Waals surface area contributed by atoms with Crippen LogP contribution in [0.15, 0.2) is 30.6 Å². The fraction of sp³-hybridized carbons (Fsp3) is 0.357. The summed E-state index contributed by atoms with van der Waals surface area (Å²) >= 11 is 0. The van der Waals surface area contributed by atoms with E-state index in [9.17, 15) is 0 Å². The Morgan fingerprint density at radius 3 is 2.79 bits per heavy atom. The highest BCUT2D eigenvalue weighted by Crippen LogP contribution is 2.30. The van der Waals surface area contributed by atoms with Crippen molar-refractivity contribution in [2.75, 3.05) is 14.2 Å². The molecule has 1 unspecified atom stereocenters. The van der Waals surface area contributed by atoms with E-state index in [1.165, 1.54) is 0 Å². The van der Waals surface area contributed by atoms with Gasteiger partial charge in [0, 0.05) is 24.5 Å². The second-order valence-corrected chi connectivity index (χ2v) is 4.23. The van der Waals surface area contributed by atoms with Gasteiger partial charge in [-0.15, -0.1) is 0 Å². The van der Waals surface area contributed by atoms with Gasteiger partial charge in [-0.25, -0.2) is 4.98 Å². The molecule has 19 heavy (non-hydrogen) atoms. The average molecular weight is 261 g/mol. The van der Waals surface area contributed by atoms with Gasteiger partial charge in [-0.3, -0.25) is 0 Å². The first-order valence-electron chi connectivity index (χ1n) is 6.18. The Hall–Kier alpha value is -2.01. The van der Waals surface area contributed by atoms with Gasteiger partial charge in [0.2, 0.25) is 0 Å². The molecule has 0 saturated heterocycles. The molecule has 0 radical (unpaired) electrons. The number of benzene rings is 1. The van der Waals surface area contributed by atoms with Crippen LogP contribution in [0.2, 0.25) is 0 Å². The summed E-state index contributed by atoms with van der Waals surface area (Å²) in [5.41, 5.74) is 1.06. The number of rotatable bonds is 6. The molecule has 102 valence electrons. The summed E-state index contributed by atoms with van der Waals surface area (Å²) in [4.78, 5) is 7.33. The van der Waals surface area contributed by atoms with Crippen molar-refractivity contribution in [1.29, 1.82) is 0 Å². The summed E-state index contributed by atoms with van der Waals surface area (Å²) in [5.74, 6) is 2.43. The van der Waals surface area contributed by atoms with E-state index in [4.69, 9.17) is 9.47 Å². The second kappa shape index (κ2) is 6.24. The molecule has 0 aliphatic rings. The summed E-state index contributed by atoms with van der Waals surface area (Å²) < 4.78 is 10.7. The number of hydrogen-bond donors (Lipinski definition) is 2. The first-order valence-corrected chi connectivity index (χ1v) is 6.18. The molecule has 2 N–H and O–H groups in total. The topological polar surface area (TPSA) is 59.2 Å². The van der Waals surface area contributed by atoms with E-state index in [1.54, 1.807) is 20.4 Å². The quantitative estimate of drug-likeness (QED) is 0.837. The van der Waals surface area contributed by atoms with Crippen molar-refractivity contribution in [3.05, 3.63) is 42.0 Å². The number of ether oxygens (including phenoxy) is 2. The van der Waals surface area contributed by atoms with Crippen LogP contribution in [0.25, 0.3) is 0 Å². The SMILES string of the molecule is COc1cccc(CNC(C)c2ncc[nH]2)c1OC. The van der Waals surface area contributed by atoms with Gasteiger partial charge in [-0.2, -0.15) is 0 Å². The number of nitrogens with one attached hydrogen (secondary N) is 2. The maximum Gasteiger partial charge on any atom is 0.165 e. The van der Waals surface area contributed by atoms with E-state index in [2.05, 4.69) is 22.2 Å². The maximum atomic E-state index is 5.40. The van der Waals surface area contributed by atoms with Crippen LogP contribution in [0.5, 0.6) is 11.5 Å². The van der Waals surface area contributed by atoms with Crippen LogP contribution in [0.3, 0.4) is 0 Å². The lowest BCUT2D eigenvalue weighted by molar-refractivity contribution is 0.350. The number of para-hydroxylation sites is 1. The summed E-state index contributed by atoms with van der Waals surface area (Å²) in [6.45, 7) is 2.74. The van der Waals surface area contributed by atoms with Crippen molar-refractivity contribution in [3.8, 4) is 11.5 Å². The standard InChI is InChI=1S/C14H19N3O2/c1-10(14-15-7-8-16-14)17-9-11-5-4-6-12(18-2)13(11)19-3/h4-8,10,17H,9H2,1-3H3,(H,15,16). The van der Waals surface area contributed by atoms with Crippen molar-refractivity contribution in [2.24, 2.45) is 0 Å². The van der Waals surface area contributed by atoms with Crippen molar-refractivity contribution < 1.29 is 9.47 Å². The Morgan fingerprint density at radius 2 is 2.16 bits per heavy atom. The van der Waals surface area contributed by atoms with Gasteiger partial charge in [0.25, 0.3) is 0 Å². The van der Waals surface area contributed by atoms with E-state index in [0.717, 1.165) is 22.9 Å². The van der Waals surface area contributed by atoms with Crippen LogP contribution >= 0.6 is 0 Å². The molecule has 0 amide bonds. The molecule has 0 spiro atoms. The molecule has 1 heterocycles. The molecule has 0 aliphatic carbocycles. The predicted molar refractivity (Wildman–Crippen MR) is 73.4 cm³/mol. The summed E-state index contributed by atoms with van der Waals surface area (Å²) in [5, 5.41) is 3.40. The number of imidazole rings is 1. The van der Waals surface area contributed by atoms with E-state index in [-0.39, 0.29) is 6.04 Å². The number of nitrogens with zero attached hydrogens (tertiary/aromatic N) is 1. The Morgan fingerprint density at radius 1 is 1.32 bits per heavy atom. The largest absolute Gasteiger partial charge is 0.493 e. The van der Waals surface area contributed by atoms with Crippen LogP contribution < -0.4 is 14.8 Å². The third-order valence-electron chi connectivity index (χ3n) is 3.01. The lowest BCUT2D eigenvalue weighted by Gasteiger charge is -2.15. The molecule has 5 heteroatoms. The zero-order valence-corrected chi connectivity index (χ0v) is 11.4. The Labute approximate surface area is 113 Å². The van der Waals surface area contributed by atoms with Gasteiger partial charge < -0.3 is 19.8 Å². The highest BCUT2D eigenvalue weighted by molar-refractivity contribution is 5.46. The van der Waals surface area contributed by atoms with Gasteiger partial charge >= 0.3 is 0 Å². The number of aromatic amines is 1. The third kappa shape index (κ3) is 3.06. The fourth-order valence-corrected chi connectivity index (χ4v) is 1.97. The summed E-state index contributed by atoms with van der Waals surface area (Å²) in [7, 11) is 3.29. The molecular weight excluding hydrogens is 242 g/mol. The van der Waals surface area contributed by atoms with Gasteiger partial charge in [-0.05, 0) is 13.0 Å². The average Bonchev–Trinajstić information content (AvgIpc) is 2.98. The highest BCUT2D eigenvalue weighted by atomic mass is 16.5. The molecule has 0 fully saturated rings. The molecular formula is C14H19N3O2. The predicted octanol–water partition coefficient (Wildman–Crippen LogP) is 2.28. The Kier molecular flexibility index (Phi) is 4.41. The normalized spacial score (nSPS) is 12.2. The maximum absolute atomic E-state index is 5.40. The molecule has 1 aromatic carbocycles. The van der Waals surface area contributed by atoms with Gasteiger partial charge in [0.1, 0.15) is 5.82 Å². The van der Waals surface area contributed by atoms with Crippen molar-refractivity contribution in [1.82, 2.24) is 15.3 Å². The number of H-pyrrole nitrogens is 1. The van der Waals surface area contributed by atoms with E-state index in [1.807, 2.05) is 24.4 Å². The molecule has 0 aliphatic heterocycles. The van der Waals surface area contributed by atoms with Crippen LogP contribution in [0.4, 0.5) is 0 Å².